The summed E-state index contributed by atoms with van der Waals surface area (Å²) in [5.74, 6) is 0.0941. The maximum Gasteiger partial charge on any atom is 0.165 e. The van der Waals surface area contributed by atoms with Gasteiger partial charge in [-0.25, -0.2) is 0 Å². The summed E-state index contributed by atoms with van der Waals surface area (Å²) in [4.78, 5) is 14.4. The van der Waals surface area contributed by atoms with Crippen LogP contribution in [0.25, 0.3) is 0 Å². The fraction of sp³-hybridized carbons (Fsp3) is 0.500. The van der Waals surface area contributed by atoms with Crippen molar-refractivity contribution in [2.75, 3.05) is 26.2 Å². The van der Waals surface area contributed by atoms with E-state index in [2.05, 4.69) is 27.8 Å². The number of ketones is 1. The largest absolute Gasteiger partial charge is 0.376 e. The molecule has 104 valence electrons. The van der Waals surface area contributed by atoms with Gasteiger partial charge < -0.3 is 4.74 Å². The zero-order chi connectivity index (χ0) is 13.8. The molecule has 0 N–H and O–H groups in total. The molecule has 0 saturated carbocycles. The monoisotopic (exact) mass is 345 g/mol. The van der Waals surface area contributed by atoms with Gasteiger partial charge in [0.2, 0.25) is 0 Å². The first-order valence-corrected chi connectivity index (χ1v) is 7.55. The minimum Gasteiger partial charge on any atom is -0.376 e. The highest BCUT2D eigenvalue weighted by atomic mass is 79.9. The van der Waals surface area contributed by atoms with E-state index in [0.29, 0.717) is 17.0 Å². The van der Waals surface area contributed by atoms with E-state index in [0.717, 1.165) is 30.7 Å². The van der Waals surface area contributed by atoms with Gasteiger partial charge in [-0.2, -0.15) is 0 Å². The van der Waals surface area contributed by atoms with Crippen LogP contribution >= 0.6 is 27.5 Å². The predicted molar refractivity (Wildman–Crippen MR) is 80.0 cm³/mol. The lowest BCUT2D eigenvalue weighted by atomic mass is 10.1. The molecule has 3 nitrogen and oxygen atoms in total. The molecule has 0 aliphatic carbocycles. The number of rotatable bonds is 4. The Labute approximate surface area is 127 Å². The van der Waals surface area contributed by atoms with Crippen LogP contribution in [0.4, 0.5) is 0 Å². The van der Waals surface area contributed by atoms with Crippen molar-refractivity contribution < 1.29 is 9.53 Å². The Morgan fingerprint density at radius 1 is 1.58 bits per heavy atom. The van der Waals surface area contributed by atoms with Gasteiger partial charge in [0.1, 0.15) is 0 Å². The van der Waals surface area contributed by atoms with E-state index in [1.54, 1.807) is 12.1 Å². The first-order valence-electron chi connectivity index (χ1n) is 6.38. The van der Waals surface area contributed by atoms with Gasteiger partial charge in [-0.3, -0.25) is 9.69 Å². The smallest absolute Gasteiger partial charge is 0.165 e. The third-order valence-corrected chi connectivity index (χ3v) is 4.02. The molecule has 2 rings (SSSR count). The van der Waals surface area contributed by atoms with Crippen molar-refractivity contribution in [2.45, 2.75) is 19.4 Å². The number of carbonyl (C=O) groups is 1. The highest BCUT2D eigenvalue weighted by molar-refractivity contribution is 9.10. The Morgan fingerprint density at radius 2 is 2.37 bits per heavy atom. The molecule has 5 heteroatoms. The number of morpholine rings is 1. The van der Waals surface area contributed by atoms with E-state index in [1.807, 2.05) is 6.07 Å². The SMILES string of the molecule is CC1CN(CCC(=O)c2ccc(Br)cc2Cl)CCO1. The third kappa shape index (κ3) is 4.28. The summed E-state index contributed by atoms with van der Waals surface area (Å²) >= 11 is 9.42. The number of benzene rings is 1. The third-order valence-electron chi connectivity index (χ3n) is 3.21. The van der Waals surface area contributed by atoms with E-state index in [9.17, 15) is 4.79 Å². The van der Waals surface area contributed by atoms with Crippen molar-refractivity contribution in [1.29, 1.82) is 0 Å². The van der Waals surface area contributed by atoms with Crippen LogP contribution in [-0.2, 0) is 4.74 Å². The molecular weight excluding hydrogens is 330 g/mol. The number of nitrogens with zero attached hydrogens (tertiary/aromatic N) is 1. The second kappa shape index (κ2) is 6.84. The van der Waals surface area contributed by atoms with Crippen LogP contribution in [0.15, 0.2) is 22.7 Å². The Kier molecular flexibility index (Phi) is 5.39. The minimum absolute atomic E-state index is 0.0941. The average Bonchev–Trinajstić information content (AvgIpc) is 2.36. The second-order valence-corrected chi connectivity index (χ2v) is 6.10. The van der Waals surface area contributed by atoms with Gasteiger partial charge in [0.15, 0.2) is 5.78 Å². The molecule has 1 aromatic carbocycles. The first kappa shape index (κ1) is 15.0. The maximum atomic E-state index is 12.1. The van der Waals surface area contributed by atoms with Crippen LogP contribution in [0.1, 0.15) is 23.7 Å². The molecule has 1 aliphatic rings. The quantitative estimate of drug-likeness (QED) is 0.783. The molecule has 1 fully saturated rings. The van der Waals surface area contributed by atoms with Gasteiger partial charge in [0.05, 0.1) is 17.7 Å². The highest BCUT2D eigenvalue weighted by Gasteiger charge is 2.18. The number of ether oxygens (including phenoxy) is 1. The Morgan fingerprint density at radius 3 is 3.05 bits per heavy atom. The van der Waals surface area contributed by atoms with Gasteiger partial charge in [-0.1, -0.05) is 27.5 Å². The minimum atomic E-state index is 0.0941. The second-order valence-electron chi connectivity index (χ2n) is 4.78. The van der Waals surface area contributed by atoms with Crippen molar-refractivity contribution in [3.8, 4) is 0 Å². The zero-order valence-corrected chi connectivity index (χ0v) is 13.2. The molecule has 0 radical (unpaired) electrons. The summed E-state index contributed by atoms with van der Waals surface area (Å²) in [6, 6.07) is 5.37. The standard InChI is InChI=1S/C14H17BrClNO2/c1-10-9-17(6-7-19-10)5-4-14(18)12-3-2-11(15)8-13(12)16/h2-3,8,10H,4-7,9H2,1H3. The fourth-order valence-corrected chi connectivity index (χ4v) is 2.98. The van der Waals surface area contributed by atoms with Crippen molar-refractivity contribution in [2.24, 2.45) is 0 Å². The van der Waals surface area contributed by atoms with Gasteiger partial charge in [0.25, 0.3) is 0 Å². The topological polar surface area (TPSA) is 29.5 Å². The molecule has 1 heterocycles. The average molecular weight is 347 g/mol. The van der Waals surface area contributed by atoms with Gasteiger partial charge in [-0.15, -0.1) is 0 Å². The number of Topliss-reactive ketones (excluding diaryl/α,β-unsaturated/α-hetero) is 1. The summed E-state index contributed by atoms with van der Waals surface area (Å²) in [7, 11) is 0. The summed E-state index contributed by atoms with van der Waals surface area (Å²) in [6.07, 6.45) is 0.744. The maximum absolute atomic E-state index is 12.1. The van der Waals surface area contributed by atoms with E-state index in [-0.39, 0.29) is 11.9 Å². The van der Waals surface area contributed by atoms with Crippen LogP contribution in [0.2, 0.25) is 5.02 Å². The lowest BCUT2D eigenvalue weighted by Gasteiger charge is -2.30. The first-order chi connectivity index (χ1) is 9.06. The summed E-state index contributed by atoms with van der Waals surface area (Å²) < 4.78 is 6.36. The van der Waals surface area contributed by atoms with Crippen LogP contribution in [0, 0.1) is 0 Å². The molecule has 1 saturated heterocycles. The highest BCUT2D eigenvalue weighted by Crippen LogP contribution is 2.22. The van der Waals surface area contributed by atoms with Crippen molar-refractivity contribution in [3.63, 3.8) is 0 Å². The van der Waals surface area contributed by atoms with Gasteiger partial charge in [-0.05, 0) is 25.1 Å². The van der Waals surface area contributed by atoms with Gasteiger partial charge >= 0.3 is 0 Å². The number of halogens is 2. The predicted octanol–water partition coefficient (Wildman–Crippen LogP) is 3.40. The molecule has 19 heavy (non-hydrogen) atoms. The van der Waals surface area contributed by atoms with E-state index in [1.165, 1.54) is 0 Å². The zero-order valence-electron chi connectivity index (χ0n) is 10.9. The summed E-state index contributed by atoms with van der Waals surface area (Å²) in [5.41, 5.74) is 0.603. The Bertz CT molecular complexity index is 467. The summed E-state index contributed by atoms with van der Waals surface area (Å²) in [5, 5.41) is 0.509. The van der Waals surface area contributed by atoms with Crippen molar-refractivity contribution in [3.05, 3.63) is 33.3 Å². The Balaban J connectivity index is 1.90. The molecule has 1 aliphatic heterocycles. The number of hydrogen-bond acceptors (Lipinski definition) is 3. The van der Waals surface area contributed by atoms with Crippen molar-refractivity contribution >= 4 is 33.3 Å². The van der Waals surface area contributed by atoms with Crippen molar-refractivity contribution in [1.82, 2.24) is 4.90 Å². The molecule has 1 aromatic rings. The lowest BCUT2D eigenvalue weighted by molar-refractivity contribution is -0.0180. The van der Waals surface area contributed by atoms with Crippen LogP contribution in [-0.4, -0.2) is 43.0 Å². The number of hydrogen-bond donors (Lipinski definition) is 0. The fourth-order valence-electron chi connectivity index (χ4n) is 2.20. The van der Waals surface area contributed by atoms with E-state index < -0.39 is 0 Å². The lowest BCUT2D eigenvalue weighted by Crippen LogP contribution is -2.41. The van der Waals surface area contributed by atoms with E-state index in [4.69, 9.17) is 16.3 Å². The Hall–Kier alpha value is -0.420. The number of carbonyl (C=O) groups excluding carboxylic acids is 1. The van der Waals surface area contributed by atoms with E-state index >= 15 is 0 Å². The molecular formula is C14H17BrClNO2. The molecule has 0 amide bonds. The molecule has 1 atom stereocenters. The molecule has 0 spiro atoms. The van der Waals surface area contributed by atoms with Crippen LogP contribution < -0.4 is 0 Å². The van der Waals surface area contributed by atoms with Crippen LogP contribution in [0.5, 0.6) is 0 Å². The van der Waals surface area contributed by atoms with Crippen LogP contribution in [0.3, 0.4) is 0 Å². The molecule has 0 aromatic heterocycles. The van der Waals surface area contributed by atoms with Gasteiger partial charge in [0, 0.05) is 36.1 Å². The molecule has 0 bridgehead atoms. The summed E-state index contributed by atoms with van der Waals surface area (Å²) in [6.45, 7) is 5.35. The molecule has 1 unspecified atom stereocenters. The normalized spacial score (nSPS) is 20.5.